The topological polar surface area (TPSA) is 25.2 Å². The number of aryl methyl sites for hydroxylation is 1. The Balaban J connectivity index is 2.44. The smallest absolute Gasteiger partial charge is 0.111 e. The number of rotatable bonds is 6. The predicted octanol–water partition coefficient (Wildman–Crippen LogP) is 3.08. The average molecular weight is 230 g/mol. The van der Waals surface area contributed by atoms with Gasteiger partial charge >= 0.3 is 0 Å². The summed E-state index contributed by atoms with van der Waals surface area (Å²) in [7, 11) is 0. The van der Waals surface area contributed by atoms with Gasteiger partial charge in [0, 0.05) is 17.8 Å². The summed E-state index contributed by atoms with van der Waals surface area (Å²) < 4.78 is 5.64. The van der Waals surface area contributed by atoms with Crippen molar-refractivity contribution in [1.29, 1.82) is 0 Å². The minimum absolute atomic E-state index is 0.0422. The highest BCUT2D eigenvalue weighted by Gasteiger charge is 2.23. The molecular weight excluding hydrogens is 210 g/mol. The zero-order valence-corrected chi connectivity index (χ0v) is 10.5. The molecule has 0 bridgehead atoms. The van der Waals surface area contributed by atoms with Gasteiger partial charge in [0.05, 0.1) is 0 Å². The Morgan fingerprint density at radius 1 is 1.40 bits per heavy atom. The quantitative estimate of drug-likeness (QED) is 0.599. The molecule has 1 heterocycles. The standard InChI is InChI=1S/C12H20ClNO/c1-10-5-6-11(15-10)12(2,3)9-14-8-4-7-13/h5-6,14H,4,7-9H2,1-3H3. The second-order valence-electron chi connectivity index (χ2n) is 4.51. The molecule has 0 spiro atoms. The molecule has 0 unspecified atom stereocenters. The van der Waals surface area contributed by atoms with E-state index in [1.165, 1.54) is 0 Å². The van der Waals surface area contributed by atoms with E-state index >= 15 is 0 Å². The van der Waals surface area contributed by atoms with Crippen LogP contribution in [-0.2, 0) is 5.41 Å². The highest BCUT2D eigenvalue weighted by molar-refractivity contribution is 6.17. The van der Waals surface area contributed by atoms with Crippen LogP contribution in [0.25, 0.3) is 0 Å². The van der Waals surface area contributed by atoms with Crippen LogP contribution in [-0.4, -0.2) is 19.0 Å². The predicted molar refractivity (Wildman–Crippen MR) is 64.7 cm³/mol. The lowest BCUT2D eigenvalue weighted by molar-refractivity contribution is 0.358. The zero-order valence-electron chi connectivity index (χ0n) is 9.77. The SMILES string of the molecule is Cc1ccc(C(C)(C)CNCCCCl)o1. The summed E-state index contributed by atoms with van der Waals surface area (Å²) in [5.41, 5.74) is 0.0422. The first-order valence-electron chi connectivity index (χ1n) is 5.40. The van der Waals surface area contributed by atoms with Crippen molar-refractivity contribution in [3.05, 3.63) is 23.7 Å². The summed E-state index contributed by atoms with van der Waals surface area (Å²) in [5, 5.41) is 3.39. The third-order valence-corrected chi connectivity index (χ3v) is 2.73. The van der Waals surface area contributed by atoms with Gasteiger partial charge < -0.3 is 9.73 Å². The molecule has 0 fully saturated rings. The molecule has 1 aromatic heterocycles. The minimum atomic E-state index is 0.0422. The molecule has 1 N–H and O–H groups in total. The molecule has 86 valence electrons. The molecule has 2 nitrogen and oxygen atoms in total. The van der Waals surface area contributed by atoms with E-state index in [2.05, 4.69) is 25.2 Å². The first-order valence-corrected chi connectivity index (χ1v) is 5.93. The molecule has 0 saturated heterocycles. The summed E-state index contributed by atoms with van der Waals surface area (Å²) in [6, 6.07) is 4.06. The van der Waals surface area contributed by atoms with Crippen molar-refractivity contribution >= 4 is 11.6 Å². The van der Waals surface area contributed by atoms with Crippen molar-refractivity contribution in [2.75, 3.05) is 19.0 Å². The first kappa shape index (κ1) is 12.6. The van der Waals surface area contributed by atoms with Crippen molar-refractivity contribution in [3.8, 4) is 0 Å². The van der Waals surface area contributed by atoms with Crippen LogP contribution in [0.4, 0.5) is 0 Å². The van der Waals surface area contributed by atoms with E-state index in [1.807, 2.05) is 13.0 Å². The van der Waals surface area contributed by atoms with Gasteiger partial charge in [-0.1, -0.05) is 13.8 Å². The van der Waals surface area contributed by atoms with Gasteiger partial charge in [0.1, 0.15) is 11.5 Å². The van der Waals surface area contributed by atoms with Gasteiger partial charge in [0.2, 0.25) is 0 Å². The van der Waals surface area contributed by atoms with Crippen molar-refractivity contribution in [2.45, 2.75) is 32.6 Å². The van der Waals surface area contributed by atoms with Gasteiger partial charge in [-0.15, -0.1) is 11.6 Å². The summed E-state index contributed by atoms with van der Waals surface area (Å²) in [6.45, 7) is 8.21. The Labute approximate surface area is 97.0 Å². The molecule has 0 aliphatic rings. The van der Waals surface area contributed by atoms with Crippen molar-refractivity contribution in [3.63, 3.8) is 0 Å². The molecule has 0 aliphatic carbocycles. The fraction of sp³-hybridized carbons (Fsp3) is 0.667. The number of hydrogen-bond donors (Lipinski definition) is 1. The van der Waals surface area contributed by atoms with Crippen LogP contribution in [0.3, 0.4) is 0 Å². The molecule has 3 heteroatoms. The maximum Gasteiger partial charge on any atom is 0.111 e. The van der Waals surface area contributed by atoms with E-state index < -0.39 is 0 Å². The molecule has 1 rings (SSSR count). The second kappa shape index (κ2) is 5.57. The zero-order chi connectivity index (χ0) is 11.3. The van der Waals surface area contributed by atoms with E-state index in [0.717, 1.165) is 31.0 Å². The minimum Gasteiger partial charge on any atom is -0.466 e. The summed E-state index contributed by atoms with van der Waals surface area (Å²) >= 11 is 5.61. The van der Waals surface area contributed by atoms with Gasteiger partial charge in [-0.2, -0.15) is 0 Å². The fourth-order valence-electron chi connectivity index (χ4n) is 1.48. The van der Waals surface area contributed by atoms with Gasteiger partial charge in [-0.05, 0) is 32.0 Å². The van der Waals surface area contributed by atoms with Gasteiger partial charge in [0.15, 0.2) is 0 Å². The molecule has 0 aliphatic heterocycles. The van der Waals surface area contributed by atoms with E-state index in [0.29, 0.717) is 5.88 Å². The molecule has 0 atom stereocenters. The van der Waals surface area contributed by atoms with Crippen molar-refractivity contribution in [1.82, 2.24) is 5.32 Å². The number of alkyl halides is 1. The molecule has 0 radical (unpaired) electrons. The largest absolute Gasteiger partial charge is 0.466 e. The fourth-order valence-corrected chi connectivity index (χ4v) is 1.61. The van der Waals surface area contributed by atoms with Gasteiger partial charge in [0.25, 0.3) is 0 Å². The monoisotopic (exact) mass is 229 g/mol. The maximum atomic E-state index is 5.64. The Morgan fingerprint density at radius 2 is 2.13 bits per heavy atom. The maximum absolute atomic E-state index is 5.64. The summed E-state index contributed by atoms with van der Waals surface area (Å²) in [6.07, 6.45) is 1.01. The number of furan rings is 1. The van der Waals surface area contributed by atoms with Gasteiger partial charge in [-0.3, -0.25) is 0 Å². The van der Waals surface area contributed by atoms with Crippen LogP contribution in [0.2, 0.25) is 0 Å². The normalized spacial score (nSPS) is 12.0. The molecule has 15 heavy (non-hydrogen) atoms. The number of nitrogens with one attached hydrogen (secondary N) is 1. The van der Waals surface area contributed by atoms with Crippen LogP contribution >= 0.6 is 11.6 Å². The lowest BCUT2D eigenvalue weighted by Gasteiger charge is -2.22. The molecular formula is C12H20ClNO. The lowest BCUT2D eigenvalue weighted by Crippen LogP contribution is -2.33. The van der Waals surface area contributed by atoms with Crippen LogP contribution in [0.15, 0.2) is 16.5 Å². The summed E-state index contributed by atoms with van der Waals surface area (Å²) in [5.74, 6) is 2.73. The average Bonchev–Trinajstić information content (AvgIpc) is 2.60. The Morgan fingerprint density at radius 3 is 2.67 bits per heavy atom. The Bertz CT molecular complexity index is 294. The van der Waals surface area contributed by atoms with Gasteiger partial charge in [-0.25, -0.2) is 0 Å². The Kier molecular flexibility index (Phi) is 4.68. The Hall–Kier alpha value is -0.470. The van der Waals surface area contributed by atoms with Crippen LogP contribution in [0.5, 0.6) is 0 Å². The third-order valence-electron chi connectivity index (χ3n) is 2.46. The molecule has 1 aromatic rings. The highest BCUT2D eigenvalue weighted by atomic mass is 35.5. The molecule has 0 saturated carbocycles. The first-order chi connectivity index (χ1) is 7.06. The van der Waals surface area contributed by atoms with E-state index in [9.17, 15) is 0 Å². The number of hydrogen-bond acceptors (Lipinski definition) is 2. The molecule has 0 amide bonds. The van der Waals surface area contributed by atoms with E-state index in [-0.39, 0.29) is 5.41 Å². The summed E-state index contributed by atoms with van der Waals surface area (Å²) in [4.78, 5) is 0. The van der Waals surface area contributed by atoms with E-state index in [1.54, 1.807) is 0 Å². The van der Waals surface area contributed by atoms with Crippen LogP contribution < -0.4 is 5.32 Å². The molecule has 0 aromatic carbocycles. The highest BCUT2D eigenvalue weighted by Crippen LogP contribution is 2.24. The van der Waals surface area contributed by atoms with Crippen LogP contribution in [0, 0.1) is 6.92 Å². The lowest BCUT2D eigenvalue weighted by atomic mass is 9.90. The van der Waals surface area contributed by atoms with Crippen molar-refractivity contribution < 1.29 is 4.42 Å². The van der Waals surface area contributed by atoms with E-state index in [4.69, 9.17) is 16.0 Å². The third kappa shape index (κ3) is 3.88. The second-order valence-corrected chi connectivity index (χ2v) is 4.89. The van der Waals surface area contributed by atoms with Crippen LogP contribution in [0.1, 0.15) is 31.8 Å². The van der Waals surface area contributed by atoms with Crippen molar-refractivity contribution in [2.24, 2.45) is 0 Å². The number of halogens is 1.